The number of likely N-dealkylation sites (N-methyl/N-ethyl adjacent to an activating group) is 1. The van der Waals surface area contributed by atoms with E-state index < -0.39 is 34.4 Å². The molecule has 0 spiro atoms. The van der Waals surface area contributed by atoms with Gasteiger partial charge in [-0.2, -0.15) is 0 Å². The summed E-state index contributed by atoms with van der Waals surface area (Å²) in [5.74, 6) is 0.0612. The van der Waals surface area contributed by atoms with Crippen LogP contribution in [0.15, 0.2) is 138 Å². The van der Waals surface area contributed by atoms with E-state index in [-0.39, 0.29) is 23.5 Å². The number of carbonyl (C=O) groups excluding carboxylic acids is 2. The molecular formula is C37H33Cl2N3O5S. The van der Waals surface area contributed by atoms with Crippen LogP contribution in [0.2, 0.25) is 10.0 Å². The molecule has 0 aliphatic carbocycles. The van der Waals surface area contributed by atoms with Crippen LogP contribution in [0.5, 0.6) is 11.5 Å². The summed E-state index contributed by atoms with van der Waals surface area (Å²) in [5.41, 5.74) is 1.58. The molecule has 5 aromatic rings. The van der Waals surface area contributed by atoms with Crippen molar-refractivity contribution in [1.82, 2.24) is 10.2 Å². The van der Waals surface area contributed by atoms with Crippen molar-refractivity contribution >= 4 is 50.7 Å². The number of hydrogen-bond acceptors (Lipinski definition) is 5. The number of benzene rings is 5. The third-order valence-electron chi connectivity index (χ3n) is 7.59. The van der Waals surface area contributed by atoms with Gasteiger partial charge in [-0.1, -0.05) is 96.0 Å². The first kappa shape index (κ1) is 34.5. The summed E-state index contributed by atoms with van der Waals surface area (Å²) < 4.78 is 35.3. The first-order valence-electron chi connectivity index (χ1n) is 15.1. The third kappa shape index (κ3) is 8.55. The van der Waals surface area contributed by atoms with E-state index in [1.54, 1.807) is 72.8 Å². The molecule has 0 bridgehead atoms. The number of hydrogen-bond donors (Lipinski definition) is 1. The van der Waals surface area contributed by atoms with Gasteiger partial charge in [0.25, 0.3) is 10.0 Å². The molecule has 0 aliphatic heterocycles. The van der Waals surface area contributed by atoms with E-state index in [0.29, 0.717) is 27.1 Å². The van der Waals surface area contributed by atoms with Crippen molar-refractivity contribution in [2.75, 3.05) is 17.9 Å². The Labute approximate surface area is 290 Å². The maximum Gasteiger partial charge on any atom is 0.264 e. The maximum atomic E-state index is 14.5. The summed E-state index contributed by atoms with van der Waals surface area (Å²) in [5, 5.41) is 3.38. The number of ether oxygens (including phenoxy) is 1. The number of nitrogens with one attached hydrogen (secondary N) is 1. The van der Waals surface area contributed by atoms with Gasteiger partial charge in [0.2, 0.25) is 11.8 Å². The fourth-order valence-corrected chi connectivity index (χ4v) is 7.01. The van der Waals surface area contributed by atoms with Gasteiger partial charge in [-0.15, -0.1) is 0 Å². The van der Waals surface area contributed by atoms with Crippen LogP contribution in [0.4, 0.5) is 5.69 Å². The lowest BCUT2D eigenvalue weighted by molar-refractivity contribution is -0.139. The number of amides is 2. The molecule has 0 heterocycles. The normalized spacial score (nSPS) is 11.7. The Balaban J connectivity index is 1.55. The van der Waals surface area contributed by atoms with E-state index in [0.717, 1.165) is 9.87 Å². The molecule has 48 heavy (non-hydrogen) atoms. The van der Waals surface area contributed by atoms with Crippen molar-refractivity contribution in [2.24, 2.45) is 0 Å². The summed E-state index contributed by atoms with van der Waals surface area (Å²) >= 11 is 12.7. The van der Waals surface area contributed by atoms with Crippen molar-refractivity contribution in [3.8, 4) is 11.5 Å². The van der Waals surface area contributed by atoms with Gasteiger partial charge in [0.1, 0.15) is 24.1 Å². The van der Waals surface area contributed by atoms with Gasteiger partial charge in [-0.3, -0.25) is 13.9 Å². The van der Waals surface area contributed by atoms with Gasteiger partial charge in [-0.05, 0) is 71.8 Å². The zero-order chi connectivity index (χ0) is 34.1. The van der Waals surface area contributed by atoms with E-state index in [4.69, 9.17) is 27.9 Å². The Morgan fingerprint density at radius 2 is 1.35 bits per heavy atom. The number of nitrogens with zero attached hydrogens (tertiary/aromatic N) is 2. The van der Waals surface area contributed by atoms with Crippen molar-refractivity contribution in [1.29, 1.82) is 0 Å². The average molecular weight is 703 g/mol. The van der Waals surface area contributed by atoms with Crippen LogP contribution >= 0.6 is 23.2 Å². The average Bonchev–Trinajstić information content (AvgIpc) is 3.10. The van der Waals surface area contributed by atoms with Crippen LogP contribution in [0.25, 0.3) is 0 Å². The van der Waals surface area contributed by atoms with Crippen molar-refractivity contribution in [3.05, 3.63) is 155 Å². The summed E-state index contributed by atoms with van der Waals surface area (Å²) in [7, 11) is -2.76. The zero-order valence-electron chi connectivity index (χ0n) is 26.0. The quantitative estimate of drug-likeness (QED) is 0.138. The second-order valence-corrected chi connectivity index (χ2v) is 13.5. The third-order valence-corrected chi connectivity index (χ3v) is 9.96. The van der Waals surface area contributed by atoms with E-state index in [1.165, 1.54) is 24.1 Å². The van der Waals surface area contributed by atoms with Gasteiger partial charge in [-0.25, -0.2) is 8.42 Å². The molecule has 0 aromatic heterocycles. The summed E-state index contributed by atoms with van der Waals surface area (Å²) in [6.07, 6.45) is 0.175. The Morgan fingerprint density at radius 3 is 1.96 bits per heavy atom. The molecule has 0 aliphatic rings. The van der Waals surface area contributed by atoms with E-state index >= 15 is 0 Å². The van der Waals surface area contributed by atoms with Crippen molar-refractivity contribution < 1.29 is 22.7 Å². The van der Waals surface area contributed by atoms with Gasteiger partial charge in [0.15, 0.2) is 0 Å². The predicted octanol–water partition coefficient (Wildman–Crippen LogP) is 7.37. The number of anilines is 1. The van der Waals surface area contributed by atoms with Crippen LogP contribution < -0.4 is 14.4 Å². The van der Waals surface area contributed by atoms with Gasteiger partial charge >= 0.3 is 0 Å². The van der Waals surface area contributed by atoms with Crippen molar-refractivity contribution in [2.45, 2.75) is 23.9 Å². The number of carbonyl (C=O) groups is 2. The SMILES string of the molecule is CNC(=O)[C@H](Cc1ccccc1)N(Cc1ccc(Cl)cc1Cl)C(=O)CN(c1ccc(Oc2ccccc2)cc1)S(=O)(=O)c1ccccc1. The molecule has 5 aromatic carbocycles. The molecule has 5 rings (SSSR count). The number of sulfonamides is 1. The summed E-state index contributed by atoms with van der Waals surface area (Å²) in [6.45, 7) is -0.688. The monoisotopic (exact) mass is 701 g/mol. The Bertz CT molecular complexity index is 1950. The highest BCUT2D eigenvalue weighted by Gasteiger charge is 2.34. The minimum Gasteiger partial charge on any atom is -0.457 e. The first-order chi connectivity index (χ1) is 23.2. The molecule has 0 saturated carbocycles. The van der Waals surface area contributed by atoms with Crippen LogP contribution in [-0.2, 0) is 32.6 Å². The molecule has 246 valence electrons. The fraction of sp³-hybridized carbons (Fsp3) is 0.135. The molecule has 0 saturated heterocycles. The van der Waals surface area contributed by atoms with Crippen molar-refractivity contribution in [3.63, 3.8) is 0 Å². The highest BCUT2D eigenvalue weighted by atomic mass is 35.5. The van der Waals surface area contributed by atoms with E-state index in [2.05, 4.69) is 5.32 Å². The highest BCUT2D eigenvalue weighted by molar-refractivity contribution is 7.92. The molecule has 0 fully saturated rings. The lowest BCUT2D eigenvalue weighted by Gasteiger charge is -2.33. The Hall–Kier alpha value is -4.83. The van der Waals surface area contributed by atoms with E-state index in [1.807, 2.05) is 48.5 Å². The van der Waals surface area contributed by atoms with Crippen LogP contribution in [0.3, 0.4) is 0 Å². The van der Waals surface area contributed by atoms with Gasteiger partial charge in [0.05, 0.1) is 10.6 Å². The second kappa shape index (κ2) is 15.8. The molecular weight excluding hydrogens is 669 g/mol. The lowest BCUT2D eigenvalue weighted by Crippen LogP contribution is -2.53. The highest BCUT2D eigenvalue weighted by Crippen LogP contribution is 2.29. The number of rotatable bonds is 13. The summed E-state index contributed by atoms with van der Waals surface area (Å²) in [4.78, 5) is 29.3. The Kier molecular flexibility index (Phi) is 11.4. The topological polar surface area (TPSA) is 96.0 Å². The standard InChI is InChI=1S/C37H33Cl2N3O5S/c1-40-37(44)35(23-27-11-5-2-6-12-27)41(25-28-17-18-29(38)24-34(28)39)36(43)26-42(48(45,46)33-15-9-4-10-16-33)30-19-21-32(22-20-30)47-31-13-7-3-8-14-31/h2-22,24,35H,23,25-26H2,1H3,(H,40,44)/t35-/m0/s1. The zero-order valence-corrected chi connectivity index (χ0v) is 28.3. The molecule has 2 amide bonds. The smallest absolute Gasteiger partial charge is 0.264 e. The van der Waals surface area contributed by atoms with Gasteiger partial charge in [0, 0.05) is 30.1 Å². The van der Waals surface area contributed by atoms with Crippen LogP contribution in [-0.4, -0.2) is 44.8 Å². The largest absolute Gasteiger partial charge is 0.457 e. The Morgan fingerprint density at radius 1 is 0.771 bits per heavy atom. The van der Waals surface area contributed by atoms with Crippen LogP contribution in [0, 0.1) is 0 Å². The molecule has 0 radical (unpaired) electrons. The predicted molar refractivity (Wildman–Crippen MR) is 189 cm³/mol. The van der Waals surface area contributed by atoms with Crippen LogP contribution in [0.1, 0.15) is 11.1 Å². The molecule has 8 nitrogen and oxygen atoms in total. The first-order valence-corrected chi connectivity index (χ1v) is 17.2. The number of para-hydroxylation sites is 1. The second-order valence-electron chi connectivity index (χ2n) is 10.8. The maximum absolute atomic E-state index is 14.5. The molecule has 1 atom stereocenters. The van der Waals surface area contributed by atoms with Gasteiger partial charge < -0.3 is 15.0 Å². The molecule has 11 heteroatoms. The minimum absolute atomic E-state index is 0.00171. The fourth-order valence-electron chi connectivity index (χ4n) is 5.11. The molecule has 0 unspecified atom stereocenters. The number of halogens is 2. The van der Waals surface area contributed by atoms with E-state index in [9.17, 15) is 18.0 Å². The summed E-state index contributed by atoms with van der Waals surface area (Å²) in [6, 6.07) is 36.6. The lowest BCUT2D eigenvalue weighted by atomic mass is 10.0. The molecule has 1 N–H and O–H groups in total. The minimum atomic E-state index is -4.25.